The van der Waals surface area contributed by atoms with E-state index < -0.39 is 11.8 Å². The van der Waals surface area contributed by atoms with Crippen LogP contribution in [0.2, 0.25) is 0 Å². The smallest absolute Gasteiger partial charge is 0.329 e. The fourth-order valence-electron chi connectivity index (χ4n) is 3.49. The second kappa shape index (κ2) is 10.4. The van der Waals surface area contributed by atoms with Crippen molar-refractivity contribution in [3.05, 3.63) is 107 Å². The Balaban J connectivity index is 1.33. The number of hydrazone groups is 1. The number of benzene rings is 4. The molecule has 2 amide bonds. The summed E-state index contributed by atoms with van der Waals surface area (Å²) >= 11 is 0. The van der Waals surface area contributed by atoms with Crippen LogP contribution in [0.4, 0.5) is 5.69 Å². The number of carbonyl (C=O) groups is 2. The summed E-state index contributed by atoms with van der Waals surface area (Å²) in [6, 6.07) is 27.1. The van der Waals surface area contributed by atoms with Crippen LogP contribution in [0.5, 0.6) is 5.75 Å². The van der Waals surface area contributed by atoms with Gasteiger partial charge in [-0.05, 0) is 71.1 Å². The van der Waals surface area contributed by atoms with Crippen molar-refractivity contribution in [3.8, 4) is 5.75 Å². The van der Waals surface area contributed by atoms with Crippen LogP contribution in [0.1, 0.15) is 22.3 Å². The van der Waals surface area contributed by atoms with Gasteiger partial charge in [0.1, 0.15) is 12.4 Å². The summed E-state index contributed by atoms with van der Waals surface area (Å²) in [5.41, 5.74) is 6.77. The molecule has 0 radical (unpaired) electrons. The highest BCUT2D eigenvalue weighted by atomic mass is 16.5. The number of hydrogen-bond acceptors (Lipinski definition) is 4. The summed E-state index contributed by atoms with van der Waals surface area (Å²) in [5.74, 6) is -0.957. The molecule has 0 aliphatic carbocycles. The number of carbonyl (C=O) groups excluding carboxylic acids is 2. The zero-order valence-electron chi connectivity index (χ0n) is 19.0. The molecule has 6 nitrogen and oxygen atoms in total. The maximum Gasteiger partial charge on any atom is 0.329 e. The zero-order valence-corrected chi connectivity index (χ0v) is 19.0. The second-order valence-electron chi connectivity index (χ2n) is 7.95. The summed E-state index contributed by atoms with van der Waals surface area (Å²) in [5, 5.41) is 8.79. The van der Waals surface area contributed by atoms with Crippen molar-refractivity contribution in [1.29, 1.82) is 0 Å². The number of anilines is 1. The van der Waals surface area contributed by atoms with Crippen LogP contribution in [0, 0.1) is 13.8 Å². The fourth-order valence-corrected chi connectivity index (χ4v) is 3.49. The normalized spacial score (nSPS) is 10.9. The lowest BCUT2D eigenvalue weighted by molar-refractivity contribution is -0.136. The molecule has 0 fully saturated rings. The number of nitrogens with zero attached hydrogens (tertiary/aromatic N) is 1. The predicted octanol–water partition coefficient (Wildman–Crippen LogP) is 5.12. The molecule has 0 heterocycles. The highest BCUT2D eigenvalue weighted by Crippen LogP contribution is 2.21. The molecule has 170 valence electrons. The van der Waals surface area contributed by atoms with Crippen molar-refractivity contribution in [2.24, 2.45) is 5.10 Å². The van der Waals surface area contributed by atoms with Crippen molar-refractivity contribution < 1.29 is 14.3 Å². The van der Waals surface area contributed by atoms with Gasteiger partial charge in [-0.2, -0.15) is 5.10 Å². The van der Waals surface area contributed by atoms with E-state index in [4.69, 9.17) is 4.74 Å². The van der Waals surface area contributed by atoms with Crippen LogP contribution in [0.3, 0.4) is 0 Å². The first-order valence-electron chi connectivity index (χ1n) is 10.9. The third-order valence-corrected chi connectivity index (χ3v) is 5.48. The van der Waals surface area contributed by atoms with Crippen LogP contribution >= 0.6 is 0 Å². The molecular formula is C28H25N3O3. The molecule has 0 atom stereocenters. The minimum Gasteiger partial charge on any atom is -0.489 e. The Morgan fingerprint density at radius 2 is 1.65 bits per heavy atom. The summed E-state index contributed by atoms with van der Waals surface area (Å²) in [7, 11) is 0. The van der Waals surface area contributed by atoms with Gasteiger partial charge in [0.25, 0.3) is 0 Å². The van der Waals surface area contributed by atoms with Gasteiger partial charge in [-0.3, -0.25) is 9.59 Å². The lowest BCUT2D eigenvalue weighted by atomic mass is 10.1. The number of hydrogen-bond donors (Lipinski definition) is 2. The van der Waals surface area contributed by atoms with Crippen molar-refractivity contribution >= 4 is 34.5 Å². The Labute approximate surface area is 198 Å². The zero-order chi connectivity index (χ0) is 23.9. The molecule has 0 unspecified atom stereocenters. The van der Waals surface area contributed by atoms with E-state index in [1.807, 2.05) is 74.5 Å². The second-order valence-corrected chi connectivity index (χ2v) is 7.95. The van der Waals surface area contributed by atoms with Crippen molar-refractivity contribution in [2.75, 3.05) is 5.32 Å². The van der Waals surface area contributed by atoms with Gasteiger partial charge in [0.05, 0.1) is 6.21 Å². The van der Waals surface area contributed by atoms with Crippen LogP contribution in [0.15, 0.2) is 90.0 Å². The third kappa shape index (κ3) is 5.66. The molecule has 6 heteroatoms. The average molecular weight is 452 g/mol. The first-order chi connectivity index (χ1) is 16.5. The van der Waals surface area contributed by atoms with Crippen LogP contribution in [0.25, 0.3) is 10.8 Å². The molecular weight excluding hydrogens is 426 g/mol. The minimum absolute atomic E-state index is 0.428. The fraction of sp³-hybridized carbons (Fsp3) is 0.107. The highest BCUT2D eigenvalue weighted by Gasteiger charge is 2.13. The molecule has 0 saturated carbocycles. The summed E-state index contributed by atoms with van der Waals surface area (Å²) in [4.78, 5) is 24.2. The Hall–Kier alpha value is -4.45. The SMILES string of the molecule is Cc1ccc(NC(=O)C(=O)N/N=C/c2cccc(OCc3cccc4ccccc34)c2)cc1C. The molecule has 4 rings (SSSR count). The Morgan fingerprint density at radius 3 is 2.50 bits per heavy atom. The van der Waals surface area contributed by atoms with Crippen molar-refractivity contribution in [1.82, 2.24) is 5.43 Å². The van der Waals surface area contributed by atoms with E-state index in [0.29, 0.717) is 18.0 Å². The maximum absolute atomic E-state index is 12.1. The predicted molar refractivity (Wildman–Crippen MR) is 135 cm³/mol. The van der Waals surface area contributed by atoms with E-state index >= 15 is 0 Å². The summed E-state index contributed by atoms with van der Waals surface area (Å²) < 4.78 is 5.98. The van der Waals surface area contributed by atoms with Gasteiger partial charge in [0, 0.05) is 5.69 Å². The number of fused-ring (bicyclic) bond motifs is 1. The quantitative estimate of drug-likeness (QED) is 0.242. The molecule has 4 aromatic carbocycles. The number of ether oxygens (including phenoxy) is 1. The molecule has 4 aromatic rings. The van der Waals surface area contributed by atoms with E-state index in [1.165, 1.54) is 11.6 Å². The standard InChI is InChI=1S/C28H25N3O3/c1-19-13-14-24(15-20(19)2)30-27(32)28(33)31-29-17-21-7-5-11-25(16-21)34-18-23-10-6-9-22-8-3-4-12-26(22)23/h3-17H,18H2,1-2H3,(H,30,32)(H,31,33)/b29-17+. The van der Waals surface area contributed by atoms with Crippen LogP contribution < -0.4 is 15.5 Å². The van der Waals surface area contributed by atoms with Crippen LogP contribution in [-0.4, -0.2) is 18.0 Å². The molecule has 0 spiro atoms. The molecule has 34 heavy (non-hydrogen) atoms. The highest BCUT2D eigenvalue weighted by molar-refractivity contribution is 6.39. The Kier molecular flexibility index (Phi) is 6.98. The van der Waals surface area contributed by atoms with Gasteiger partial charge in [0.15, 0.2) is 0 Å². The first kappa shape index (κ1) is 22.7. The monoisotopic (exact) mass is 451 g/mol. The third-order valence-electron chi connectivity index (χ3n) is 5.48. The van der Waals surface area contributed by atoms with Gasteiger partial charge < -0.3 is 10.1 Å². The molecule has 0 aliphatic rings. The molecule has 2 N–H and O–H groups in total. The molecule has 0 aliphatic heterocycles. The Morgan fingerprint density at radius 1 is 0.853 bits per heavy atom. The van der Waals surface area contributed by atoms with Crippen LogP contribution in [-0.2, 0) is 16.2 Å². The average Bonchev–Trinajstić information content (AvgIpc) is 2.85. The van der Waals surface area contributed by atoms with Gasteiger partial charge in [0.2, 0.25) is 0 Å². The lowest BCUT2D eigenvalue weighted by Crippen LogP contribution is -2.32. The largest absolute Gasteiger partial charge is 0.489 e. The topological polar surface area (TPSA) is 79.8 Å². The molecule has 0 bridgehead atoms. The van der Waals surface area contributed by atoms with Gasteiger partial charge >= 0.3 is 11.8 Å². The van der Waals surface area contributed by atoms with E-state index in [0.717, 1.165) is 27.6 Å². The van der Waals surface area contributed by atoms with E-state index in [2.05, 4.69) is 34.0 Å². The van der Waals surface area contributed by atoms with Crippen molar-refractivity contribution in [3.63, 3.8) is 0 Å². The number of rotatable bonds is 6. The summed E-state index contributed by atoms with van der Waals surface area (Å²) in [6.07, 6.45) is 1.46. The first-order valence-corrected chi connectivity index (χ1v) is 10.9. The number of aryl methyl sites for hydroxylation is 2. The summed E-state index contributed by atoms with van der Waals surface area (Å²) in [6.45, 7) is 4.35. The minimum atomic E-state index is -0.849. The lowest BCUT2D eigenvalue weighted by Gasteiger charge is -2.09. The molecule has 0 aromatic heterocycles. The van der Waals surface area contributed by atoms with Crippen molar-refractivity contribution in [2.45, 2.75) is 20.5 Å². The van der Waals surface area contributed by atoms with E-state index in [1.54, 1.807) is 6.07 Å². The van der Waals surface area contributed by atoms with Gasteiger partial charge in [-0.15, -0.1) is 0 Å². The van der Waals surface area contributed by atoms with E-state index in [-0.39, 0.29) is 0 Å². The Bertz CT molecular complexity index is 1370. The van der Waals surface area contributed by atoms with Gasteiger partial charge in [-0.1, -0.05) is 60.7 Å². The number of nitrogens with one attached hydrogen (secondary N) is 2. The maximum atomic E-state index is 12.1. The number of amides is 2. The van der Waals surface area contributed by atoms with E-state index in [9.17, 15) is 9.59 Å². The van der Waals surface area contributed by atoms with Gasteiger partial charge in [-0.25, -0.2) is 5.43 Å². The molecule has 0 saturated heterocycles.